The zero-order chi connectivity index (χ0) is 19.8. The second kappa shape index (κ2) is 7.99. The van der Waals surface area contributed by atoms with Crippen molar-refractivity contribution in [3.8, 4) is 0 Å². The fraction of sp³-hybridized carbons (Fsp3) is 0.619. The minimum Gasteiger partial charge on any atom is -0.355 e. The van der Waals surface area contributed by atoms with E-state index in [9.17, 15) is 14.0 Å². The van der Waals surface area contributed by atoms with Gasteiger partial charge in [0.15, 0.2) is 0 Å². The SMILES string of the molecule is CC(=O)NC[C@H]1[C@H]2C[C@H](CN(C(=O)c3ccc(F)c(Cl)c3)C2)[C@@H]2CCCCN21. The van der Waals surface area contributed by atoms with Crippen LogP contribution in [-0.2, 0) is 4.79 Å². The molecule has 3 aliphatic rings. The van der Waals surface area contributed by atoms with Crippen molar-refractivity contribution >= 4 is 23.4 Å². The molecule has 4 atom stereocenters. The quantitative estimate of drug-likeness (QED) is 0.838. The number of nitrogens with zero attached hydrogens (tertiary/aromatic N) is 2. The molecule has 1 aromatic carbocycles. The van der Waals surface area contributed by atoms with Crippen LogP contribution in [0.4, 0.5) is 4.39 Å². The number of hydrogen-bond donors (Lipinski definition) is 1. The monoisotopic (exact) mass is 407 g/mol. The Hall–Kier alpha value is -1.66. The molecule has 4 rings (SSSR count). The maximum absolute atomic E-state index is 13.5. The molecule has 2 bridgehead atoms. The summed E-state index contributed by atoms with van der Waals surface area (Å²) in [6, 6.07) is 4.91. The summed E-state index contributed by atoms with van der Waals surface area (Å²) >= 11 is 5.89. The molecule has 2 amide bonds. The van der Waals surface area contributed by atoms with Crippen molar-refractivity contribution in [1.29, 1.82) is 0 Å². The van der Waals surface area contributed by atoms with Gasteiger partial charge in [0.25, 0.3) is 5.91 Å². The van der Waals surface area contributed by atoms with E-state index in [1.165, 1.54) is 31.0 Å². The normalized spacial score (nSPS) is 29.9. The van der Waals surface area contributed by atoms with Gasteiger partial charge in [-0.1, -0.05) is 18.0 Å². The lowest BCUT2D eigenvalue weighted by Gasteiger charge is -2.56. The predicted molar refractivity (Wildman–Crippen MR) is 106 cm³/mol. The maximum Gasteiger partial charge on any atom is 0.253 e. The molecule has 3 fully saturated rings. The molecule has 0 unspecified atom stereocenters. The van der Waals surface area contributed by atoms with Gasteiger partial charge in [0.05, 0.1) is 5.02 Å². The number of carbonyl (C=O) groups is 2. The van der Waals surface area contributed by atoms with Crippen LogP contribution in [-0.4, -0.2) is 59.9 Å². The molecule has 0 radical (unpaired) electrons. The Balaban J connectivity index is 1.56. The van der Waals surface area contributed by atoms with Crippen molar-refractivity contribution in [1.82, 2.24) is 15.1 Å². The summed E-state index contributed by atoms with van der Waals surface area (Å²) in [5.41, 5.74) is 0.435. The standard InChI is InChI=1S/C21H27ClFN3O2/c1-13(27)24-10-20-16-8-15(19-4-2-3-7-26(19)20)11-25(12-16)21(28)14-5-6-18(23)17(22)9-14/h5-6,9,15-16,19-20H,2-4,7-8,10-12H2,1H3,(H,24,27)/t15-,16+,19+,20+/m1/s1. The molecule has 7 heteroatoms. The Bertz CT molecular complexity index is 774. The fourth-order valence-electron chi connectivity index (χ4n) is 5.41. The number of amides is 2. The lowest BCUT2D eigenvalue weighted by molar-refractivity contribution is -0.120. The maximum atomic E-state index is 13.5. The molecule has 0 aliphatic carbocycles. The molecule has 1 aromatic rings. The molecule has 0 spiro atoms. The number of carbonyl (C=O) groups excluding carboxylic acids is 2. The van der Waals surface area contributed by atoms with Crippen molar-refractivity contribution in [2.75, 3.05) is 26.2 Å². The minimum atomic E-state index is -0.512. The van der Waals surface area contributed by atoms with E-state index in [4.69, 9.17) is 11.6 Å². The molecular weight excluding hydrogens is 381 g/mol. The van der Waals surface area contributed by atoms with Gasteiger partial charge in [0, 0.05) is 44.2 Å². The Morgan fingerprint density at radius 2 is 2.04 bits per heavy atom. The summed E-state index contributed by atoms with van der Waals surface area (Å²) in [7, 11) is 0. The number of hydrogen-bond acceptors (Lipinski definition) is 3. The first-order valence-electron chi connectivity index (χ1n) is 10.2. The van der Waals surface area contributed by atoms with Crippen LogP contribution in [0, 0.1) is 17.7 Å². The number of halogens is 2. The second-order valence-corrected chi connectivity index (χ2v) is 8.81. The first kappa shape index (κ1) is 19.6. The molecular formula is C21H27ClFN3O2. The van der Waals surface area contributed by atoms with E-state index in [1.54, 1.807) is 6.92 Å². The molecule has 3 heterocycles. The van der Waals surface area contributed by atoms with Crippen molar-refractivity contribution < 1.29 is 14.0 Å². The summed E-state index contributed by atoms with van der Waals surface area (Å²) in [6.07, 6.45) is 4.66. The van der Waals surface area contributed by atoms with E-state index in [2.05, 4.69) is 10.2 Å². The van der Waals surface area contributed by atoms with Crippen LogP contribution in [0.2, 0.25) is 5.02 Å². The first-order chi connectivity index (χ1) is 13.4. The summed E-state index contributed by atoms with van der Waals surface area (Å²) in [4.78, 5) is 29.1. The van der Waals surface area contributed by atoms with Gasteiger partial charge >= 0.3 is 0 Å². The van der Waals surface area contributed by atoms with Gasteiger partial charge in [-0.2, -0.15) is 0 Å². The van der Waals surface area contributed by atoms with Crippen LogP contribution >= 0.6 is 11.6 Å². The van der Waals surface area contributed by atoms with E-state index in [0.717, 1.165) is 25.9 Å². The summed E-state index contributed by atoms with van der Waals surface area (Å²) in [5.74, 6) is 0.175. The van der Waals surface area contributed by atoms with E-state index in [1.807, 2.05) is 4.90 Å². The van der Waals surface area contributed by atoms with Gasteiger partial charge in [-0.3, -0.25) is 14.5 Å². The number of piperidine rings is 3. The van der Waals surface area contributed by atoms with E-state index in [0.29, 0.717) is 36.5 Å². The van der Waals surface area contributed by atoms with E-state index >= 15 is 0 Å². The van der Waals surface area contributed by atoms with Crippen molar-refractivity contribution in [3.63, 3.8) is 0 Å². The number of rotatable bonds is 3. The van der Waals surface area contributed by atoms with Crippen LogP contribution in [0.1, 0.15) is 43.0 Å². The van der Waals surface area contributed by atoms with Crippen LogP contribution in [0.3, 0.4) is 0 Å². The molecule has 0 aromatic heterocycles. The van der Waals surface area contributed by atoms with Gasteiger partial charge in [-0.15, -0.1) is 0 Å². The van der Waals surface area contributed by atoms with Crippen molar-refractivity contribution in [2.24, 2.45) is 11.8 Å². The number of nitrogens with one attached hydrogen (secondary N) is 1. The predicted octanol–water partition coefficient (Wildman–Crippen LogP) is 2.93. The molecule has 5 nitrogen and oxygen atoms in total. The lowest BCUT2D eigenvalue weighted by Crippen LogP contribution is -2.66. The highest BCUT2D eigenvalue weighted by Crippen LogP contribution is 2.41. The summed E-state index contributed by atoms with van der Waals surface area (Å²) < 4.78 is 13.5. The Morgan fingerprint density at radius 3 is 2.79 bits per heavy atom. The number of benzene rings is 1. The summed E-state index contributed by atoms with van der Waals surface area (Å²) in [6.45, 7) is 4.65. The topological polar surface area (TPSA) is 52.7 Å². The molecule has 152 valence electrons. The highest BCUT2D eigenvalue weighted by Gasteiger charge is 2.47. The van der Waals surface area contributed by atoms with Gasteiger partial charge in [-0.25, -0.2) is 4.39 Å². The van der Waals surface area contributed by atoms with Crippen LogP contribution in [0.25, 0.3) is 0 Å². The average molecular weight is 408 g/mol. The first-order valence-corrected chi connectivity index (χ1v) is 10.6. The zero-order valence-electron chi connectivity index (χ0n) is 16.2. The van der Waals surface area contributed by atoms with E-state index in [-0.39, 0.29) is 22.9 Å². The molecule has 28 heavy (non-hydrogen) atoms. The minimum absolute atomic E-state index is 0.0135. The third-order valence-corrected chi connectivity index (χ3v) is 6.93. The zero-order valence-corrected chi connectivity index (χ0v) is 16.9. The fourth-order valence-corrected chi connectivity index (χ4v) is 5.60. The second-order valence-electron chi connectivity index (χ2n) is 8.40. The molecule has 3 saturated heterocycles. The highest BCUT2D eigenvalue weighted by molar-refractivity contribution is 6.31. The van der Waals surface area contributed by atoms with Crippen molar-refractivity contribution in [2.45, 2.75) is 44.7 Å². The lowest BCUT2D eigenvalue weighted by atomic mass is 9.72. The van der Waals surface area contributed by atoms with Gasteiger partial charge in [-0.05, 0) is 55.8 Å². The largest absolute Gasteiger partial charge is 0.355 e. The Kier molecular flexibility index (Phi) is 5.61. The van der Waals surface area contributed by atoms with Crippen LogP contribution in [0.15, 0.2) is 18.2 Å². The van der Waals surface area contributed by atoms with Gasteiger partial charge < -0.3 is 10.2 Å². The molecule has 1 N–H and O–H groups in total. The van der Waals surface area contributed by atoms with E-state index < -0.39 is 5.82 Å². The number of likely N-dealkylation sites (tertiary alicyclic amines) is 1. The number of fused-ring (bicyclic) bond motifs is 4. The average Bonchev–Trinajstić information content (AvgIpc) is 2.69. The Morgan fingerprint density at radius 1 is 1.25 bits per heavy atom. The summed E-state index contributed by atoms with van der Waals surface area (Å²) in [5, 5.41) is 2.97. The Labute approximate surface area is 170 Å². The third-order valence-electron chi connectivity index (χ3n) is 6.64. The smallest absolute Gasteiger partial charge is 0.253 e. The van der Waals surface area contributed by atoms with Crippen molar-refractivity contribution in [3.05, 3.63) is 34.6 Å². The van der Waals surface area contributed by atoms with Gasteiger partial charge in [0.1, 0.15) is 5.82 Å². The van der Waals surface area contributed by atoms with Crippen LogP contribution in [0.5, 0.6) is 0 Å². The van der Waals surface area contributed by atoms with Gasteiger partial charge in [0.2, 0.25) is 5.91 Å². The third kappa shape index (κ3) is 3.77. The van der Waals surface area contributed by atoms with Crippen LogP contribution < -0.4 is 5.32 Å². The highest BCUT2D eigenvalue weighted by atomic mass is 35.5. The molecule has 3 aliphatic heterocycles. The molecule has 0 saturated carbocycles.